The van der Waals surface area contributed by atoms with Crippen LogP contribution >= 0.6 is 11.6 Å². The van der Waals surface area contributed by atoms with Crippen LogP contribution in [0.3, 0.4) is 0 Å². The van der Waals surface area contributed by atoms with Crippen molar-refractivity contribution in [3.63, 3.8) is 0 Å². The van der Waals surface area contributed by atoms with E-state index in [2.05, 4.69) is 27.2 Å². The minimum Gasteiger partial charge on any atom is -0.368 e. The third-order valence-electron chi connectivity index (χ3n) is 6.77. The standard InChI is InChI=1S/C26H25ClN6O2/c27-19-5-4-8-21(15-19)33-25-22(16-28-33)24(18-9-10-18)29-32(26(25)35)17-23(34)31-13-11-30(12-14-31)20-6-2-1-3-7-20/h1-8,15-16,18H,9-14,17H2. The predicted octanol–water partition coefficient (Wildman–Crippen LogP) is 3.46. The van der Waals surface area contributed by atoms with E-state index in [0.717, 1.165) is 42.7 Å². The first kappa shape index (κ1) is 21.9. The topological polar surface area (TPSA) is 76.3 Å². The zero-order valence-electron chi connectivity index (χ0n) is 19.2. The number of rotatable bonds is 5. The van der Waals surface area contributed by atoms with Crippen LogP contribution in [-0.2, 0) is 11.3 Å². The molecule has 0 atom stereocenters. The highest BCUT2D eigenvalue weighted by atomic mass is 35.5. The maximum atomic E-state index is 13.5. The molecule has 8 nitrogen and oxygen atoms in total. The summed E-state index contributed by atoms with van der Waals surface area (Å²) in [5.74, 6) is 0.202. The number of carbonyl (C=O) groups excluding carboxylic acids is 1. The summed E-state index contributed by atoms with van der Waals surface area (Å²) < 4.78 is 2.93. The number of aromatic nitrogens is 4. The number of benzene rings is 2. The molecule has 2 aromatic carbocycles. The van der Waals surface area contributed by atoms with Crippen LogP contribution in [0.1, 0.15) is 24.5 Å². The zero-order chi connectivity index (χ0) is 23.9. The molecule has 35 heavy (non-hydrogen) atoms. The van der Waals surface area contributed by atoms with E-state index in [-0.39, 0.29) is 18.0 Å². The third kappa shape index (κ3) is 4.18. The van der Waals surface area contributed by atoms with Crippen LogP contribution in [0.25, 0.3) is 16.6 Å². The van der Waals surface area contributed by atoms with E-state index in [4.69, 9.17) is 11.6 Å². The molecule has 1 aliphatic heterocycles. The van der Waals surface area contributed by atoms with Gasteiger partial charge in [-0.25, -0.2) is 9.36 Å². The van der Waals surface area contributed by atoms with E-state index in [1.807, 2.05) is 35.2 Å². The van der Waals surface area contributed by atoms with Gasteiger partial charge in [0.25, 0.3) is 5.56 Å². The van der Waals surface area contributed by atoms with Gasteiger partial charge in [0, 0.05) is 48.2 Å². The summed E-state index contributed by atoms with van der Waals surface area (Å²) in [6, 6.07) is 17.4. The quantitative estimate of drug-likeness (QED) is 0.430. The Morgan fingerprint density at radius 2 is 1.71 bits per heavy atom. The second-order valence-corrected chi connectivity index (χ2v) is 9.56. The SMILES string of the molecule is O=C(Cn1nc(C2CC2)c2cnn(-c3cccc(Cl)c3)c2c1=O)N1CCN(c2ccccc2)CC1. The van der Waals surface area contributed by atoms with Crippen molar-refractivity contribution in [3.8, 4) is 5.69 Å². The van der Waals surface area contributed by atoms with E-state index >= 15 is 0 Å². The first-order valence-corrected chi connectivity index (χ1v) is 12.3. The van der Waals surface area contributed by atoms with Crippen LogP contribution < -0.4 is 10.5 Å². The van der Waals surface area contributed by atoms with Gasteiger partial charge >= 0.3 is 0 Å². The minimum atomic E-state index is -0.321. The molecule has 1 saturated heterocycles. The summed E-state index contributed by atoms with van der Waals surface area (Å²) in [7, 11) is 0. The maximum Gasteiger partial charge on any atom is 0.293 e. The van der Waals surface area contributed by atoms with Crippen molar-refractivity contribution in [1.82, 2.24) is 24.5 Å². The van der Waals surface area contributed by atoms with Crippen molar-refractivity contribution in [3.05, 3.63) is 81.9 Å². The molecule has 0 radical (unpaired) electrons. The van der Waals surface area contributed by atoms with Crippen molar-refractivity contribution in [2.24, 2.45) is 0 Å². The average molecular weight is 489 g/mol. The highest BCUT2D eigenvalue weighted by Gasteiger charge is 2.31. The van der Waals surface area contributed by atoms with Crippen LogP contribution in [0.15, 0.2) is 65.6 Å². The molecule has 1 saturated carbocycles. The number of hydrogen-bond donors (Lipinski definition) is 0. The maximum absolute atomic E-state index is 13.5. The molecule has 0 spiro atoms. The van der Waals surface area contributed by atoms with Crippen LogP contribution in [0.2, 0.25) is 5.02 Å². The molecule has 4 aromatic rings. The molecule has 2 fully saturated rings. The van der Waals surface area contributed by atoms with Crippen LogP contribution in [0, 0.1) is 0 Å². The molecule has 0 unspecified atom stereocenters. The number of piperazine rings is 1. The molecular formula is C26H25ClN6O2. The van der Waals surface area contributed by atoms with Gasteiger partial charge in [-0.3, -0.25) is 9.59 Å². The smallest absolute Gasteiger partial charge is 0.293 e. The van der Waals surface area contributed by atoms with Crippen LogP contribution in [0.4, 0.5) is 5.69 Å². The van der Waals surface area contributed by atoms with Gasteiger partial charge in [-0.1, -0.05) is 35.9 Å². The molecule has 2 aliphatic rings. The number of para-hydroxylation sites is 1. The Morgan fingerprint density at radius 1 is 0.971 bits per heavy atom. The lowest BCUT2D eigenvalue weighted by Crippen LogP contribution is -2.50. The predicted molar refractivity (Wildman–Crippen MR) is 135 cm³/mol. The highest BCUT2D eigenvalue weighted by molar-refractivity contribution is 6.30. The van der Waals surface area contributed by atoms with E-state index in [1.165, 1.54) is 4.68 Å². The van der Waals surface area contributed by atoms with E-state index < -0.39 is 0 Å². The van der Waals surface area contributed by atoms with Crippen molar-refractivity contribution in [2.75, 3.05) is 31.1 Å². The van der Waals surface area contributed by atoms with Gasteiger partial charge in [-0.2, -0.15) is 10.2 Å². The molecule has 1 amide bonds. The summed E-state index contributed by atoms with van der Waals surface area (Å²) in [5.41, 5.74) is 2.82. The van der Waals surface area contributed by atoms with Gasteiger partial charge in [0.15, 0.2) is 0 Å². The lowest BCUT2D eigenvalue weighted by atomic mass is 10.2. The summed E-state index contributed by atoms with van der Waals surface area (Å²) in [6.07, 6.45) is 3.75. The van der Waals surface area contributed by atoms with Crippen LogP contribution in [-0.4, -0.2) is 56.5 Å². The van der Waals surface area contributed by atoms with Crippen molar-refractivity contribution < 1.29 is 4.79 Å². The Kier molecular flexibility index (Phi) is 5.53. The summed E-state index contributed by atoms with van der Waals surface area (Å²) in [4.78, 5) is 30.8. The minimum absolute atomic E-state index is 0.0828. The number of halogens is 1. The number of carbonyl (C=O) groups is 1. The molecule has 9 heteroatoms. The summed E-state index contributed by atoms with van der Waals surface area (Å²) in [5, 5.41) is 10.5. The molecule has 3 heterocycles. The fourth-order valence-corrected chi connectivity index (χ4v) is 4.93. The molecule has 1 aliphatic carbocycles. The van der Waals surface area contributed by atoms with Gasteiger partial charge in [-0.15, -0.1) is 0 Å². The number of amides is 1. The molecule has 2 aromatic heterocycles. The number of hydrogen-bond acceptors (Lipinski definition) is 5. The van der Waals surface area contributed by atoms with Gasteiger partial charge < -0.3 is 9.80 Å². The highest BCUT2D eigenvalue weighted by Crippen LogP contribution is 2.41. The first-order valence-electron chi connectivity index (χ1n) is 11.9. The second-order valence-electron chi connectivity index (χ2n) is 9.12. The van der Waals surface area contributed by atoms with Crippen molar-refractivity contribution >= 4 is 34.1 Å². The van der Waals surface area contributed by atoms with Crippen LogP contribution in [0.5, 0.6) is 0 Å². The first-order chi connectivity index (χ1) is 17.1. The fourth-order valence-electron chi connectivity index (χ4n) is 4.74. The third-order valence-corrected chi connectivity index (χ3v) is 7.00. The number of nitrogens with zero attached hydrogens (tertiary/aromatic N) is 6. The van der Waals surface area contributed by atoms with E-state index in [9.17, 15) is 9.59 Å². The molecular weight excluding hydrogens is 464 g/mol. The Hall–Kier alpha value is -3.65. The lowest BCUT2D eigenvalue weighted by Gasteiger charge is -2.36. The summed E-state index contributed by atoms with van der Waals surface area (Å²) >= 11 is 6.19. The molecule has 0 N–H and O–H groups in total. The second kappa shape index (κ2) is 8.85. The van der Waals surface area contributed by atoms with Crippen molar-refractivity contribution in [1.29, 1.82) is 0 Å². The Balaban J connectivity index is 1.29. The molecule has 0 bridgehead atoms. The van der Waals surface area contributed by atoms with E-state index in [0.29, 0.717) is 35.2 Å². The fraction of sp³-hybridized carbons (Fsp3) is 0.308. The van der Waals surface area contributed by atoms with Gasteiger partial charge in [0.1, 0.15) is 12.1 Å². The molecule has 178 valence electrons. The average Bonchev–Trinajstić information content (AvgIpc) is 3.63. The Morgan fingerprint density at radius 3 is 2.43 bits per heavy atom. The van der Waals surface area contributed by atoms with E-state index in [1.54, 1.807) is 23.0 Å². The van der Waals surface area contributed by atoms with Gasteiger partial charge in [-0.05, 0) is 43.2 Å². The normalized spacial score (nSPS) is 16.1. The Bertz CT molecular complexity index is 1450. The number of fused-ring (bicyclic) bond motifs is 1. The lowest BCUT2D eigenvalue weighted by molar-refractivity contribution is -0.132. The molecule has 6 rings (SSSR count). The Labute approximate surface area is 207 Å². The largest absolute Gasteiger partial charge is 0.368 e. The summed E-state index contributed by atoms with van der Waals surface area (Å²) in [6.45, 7) is 2.65. The monoisotopic (exact) mass is 488 g/mol. The van der Waals surface area contributed by atoms with Gasteiger partial charge in [0.05, 0.1) is 17.6 Å². The zero-order valence-corrected chi connectivity index (χ0v) is 19.9. The van der Waals surface area contributed by atoms with Gasteiger partial charge in [0.2, 0.25) is 5.91 Å². The van der Waals surface area contributed by atoms with Crippen molar-refractivity contribution in [2.45, 2.75) is 25.3 Å². The number of anilines is 1.